The average molecular weight is 592 g/mol. The van der Waals surface area contributed by atoms with Gasteiger partial charge in [0, 0.05) is 27.2 Å². The quantitative estimate of drug-likeness (QED) is 0.138. The van der Waals surface area contributed by atoms with Crippen LogP contribution >= 0.6 is 34.7 Å². The molecule has 10 heteroatoms. The van der Waals surface area contributed by atoms with E-state index in [-0.39, 0.29) is 23.3 Å². The van der Waals surface area contributed by atoms with Crippen molar-refractivity contribution in [3.63, 3.8) is 0 Å². The maximum Gasteiger partial charge on any atom is 0.272 e. The summed E-state index contributed by atoms with van der Waals surface area (Å²) in [5, 5.41) is 12.7. The molecule has 1 heterocycles. The van der Waals surface area contributed by atoms with Crippen LogP contribution in [-0.2, 0) is 9.59 Å². The second-order valence-electron chi connectivity index (χ2n) is 8.56. The van der Waals surface area contributed by atoms with E-state index in [1.165, 1.54) is 30.2 Å². The number of rotatable bonds is 10. The van der Waals surface area contributed by atoms with Crippen LogP contribution in [0.15, 0.2) is 94.1 Å². The van der Waals surface area contributed by atoms with Crippen molar-refractivity contribution < 1.29 is 19.1 Å². The van der Waals surface area contributed by atoms with Crippen molar-refractivity contribution in [2.45, 2.75) is 11.8 Å². The average Bonchev–Trinajstić information content (AvgIpc) is 3.47. The van der Waals surface area contributed by atoms with E-state index in [9.17, 15) is 14.4 Å². The van der Waals surface area contributed by atoms with Crippen LogP contribution in [-0.4, -0.2) is 30.6 Å². The summed E-state index contributed by atoms with van der Waals surface area (Å²) in [6.45, 7) is 1.85. The first kappa shape index (κ1) is 28.9. The van der Waals surface area contributed by atoms with Crippen LogP contribution in [0.1, 0.15) is 21.5 Å². The summed E-state index contributed by atoms with van der Waals surface area (Å²) in [5.41, 5.74) is 3.23. The van der Waals surface area contributed by atoms with Gasteiger partial charge in [-0.15, -0.1) is 11.8 Å². The van der Waals surface area contributed by atoms with Crippen LogP contribution in [0.3, 0.4) is 0 Å². The van der Waals surface area contributed by atoms with Gasteiger partial charge in [-0.3, -0.25) is 14.4 Å². The third-order valence-electron chi connectivity index (χ3n) is 5.60. The van der Waals surface area contributed by atoms with Gasteiger partial charge in [0.15, 0.2) is 0 Å². The molecular formula is C30H26ClN3O4S2. The molecule has 0 spiro atoms. The van der Waals surface area contributed by atoms with Gasteiger partial charge in [0.05, 0.1) is 18.6 Å². The number of nitrogens with one attached hydrogen (secondary N) is 3. The van der Waals surface area contributed by atoms with Gasteiger partial charge in [0.2, 0.25) is 5.91 Å². The Morgan fingerprint density at radius 2 is 1.80 bits per heavy atom. The van der Waals surface area contributed by atoms with Crippen LogP contribution in [0.5, 0.6) is 5.75 Å². The molecule has 0 aliphatic carbocycles. The normalized spacial score (nSPS) is 11.0. The summed E-state index contributed by atoms with van der Waals surface area (Å²) in [6.07, 6.45) is 1.63. The Hall–Kier alpha value is -4.05. The molecule has 0 aliphatic heterocycles. The van der Waals surface area contributed by atoms with E-state index in [1.807, 2.05) is 35.9 Å². The number of aryl methyl sites for hydroxylation is 1. The SMILES string of the molecule is COc1cc(Cl)c(C)cc1NC(=O)CSc1cccc(NC(=O)/C(=C/c2ccsc2)NC(=O)c2ccccc2)c1. The number of thiophene rings is 1. The van der Waals surface area contributed by atoms with Gasteiger partial charge in [0.1, 0.15) is 11.4 Å². The van der Waals surface area contributed by atoms with Crippen LogP contribution in [0.25, 0.3) is 6.08 Å². The first-order valence-corrected chi connectivity index (χ1v) is 14.4. The molecule has 40 heavy (non-hydrogen) atoms. The van der Waals surface area contributed by atoms with E-state index in [0.717, 1.165) is 16.0 Å². The Labute approximate surface area is 245 Å². The van der Waals surface area contributed by atoms with Crippen LogP contribution in [0.2, 0.25) is 5.02 Å². The van der Waals surface area contributed by atoms with Crippen molar-refractivity contribution in [2.24, 2.45) is 0 Å². The number of anilines is 2. The van der Waals surface area contributed by atoms with Crippen molar-refractivity contribution in [1.29, 1.82) is 0 Å². The fourth-order valence-electron chi connectivity index (χ4n) is 3.59. The van der Waals surface area contributed by atoms with Crippen molar-refractivity contribution in [2.75, 3.05) is 23.5 Å². The topological polar surface area (TPSA) is 96.5 Å². The highest BCUT2D eigenvalue weighted by Crippen LogP contribution is 2.31. The van der Waals surface area contributed by atoms with Gasteiger partial charge in [-0.1, -0.05) is 35.9 Å². The van der Waals surface area contributed by atoms with Crippen LogP contribution in [0, 0.1) is 6.92 Å². The van der Waals surface area contributed by atoms with E-state index >= 15 is 0 Å². The van der Waals surface area contributed by atoms with Gasteiger partial charge >= 0.3 is 0 Å². The molecule has 0 bridgehead atoms. The molecule has 0 saturated carbocycles. The maximum atomic E-state index is 13.2. The van der Waals surface area contributed by atoms with Crippen molar-refractivity contribution in [1.82, 2.24) is 5.32 Å². The first-order valence-electron chi connectivity index (χ1n) is 12.1. The lowest BCUT2D eigenvalue weighted by atomic mass is 10.2. The second-order valence-corrected chi connectivity index (χ2v) is 10.8. The second kappa shape index (κ2) is 13.8. The molecule has 4 aromatic rings. The third-order valence-corrected chi connectivity index (χ3v) is 7.70. The van der Waals surface area contributed by atoms with Crippen molar-refractivity contribution in [3.8, 4) is 5.75 Å². The Bertz CT molecular complexity index is 1540. The number of hydrogen-bond donors (Lipinski definition) is 3. The molecule has 3 N–H and O–H groups in total. The number of ether oxygens (including phenoxy) is 1. The molecule has 204 valence electrons. The molecule has 0 unspecified atom stereocenters. The Balaban J connectivity index is 1.42. The number of carbonyl (C=O) groups is 3. The largest absolute Gasteiger partial charge is 0.495 e. The fourth-order valence-corrected chi connectivity index (χ4v) is 5.12. The molecule has 0 atom stereocenters. The Morgan fingerprint density at radius 1 is 1.00 bits per heavy atom. The highest BCUT2D eigenvalue weighted by atomic mass is 35.5. The van der Waals surface area contributed by atoms with Crippen molar-refractivity contribution >= 4 is 69.9 Å². The minimum absolute atomic E-state index is 0.108. The van der Waals surface area contributed by atoms with E-state index in [2.05, 4.69) is 16.0 Å². The molecular weight excluding hydrogens is 566 g/mol. The minimum atomic E-state index is -0.472. The smallest absolute Gasteiger partial charge is 0.272 e. The van der Waals surface area contributed by atoms with Gasteiger partial charge < -0.3 is 20.7 Å². The summed E-state index contributed by atoms with van der Waals surface area (Å²) in [5.74, 6) is -0.465. The summed E-state index contributed by atoms with van der Waals surface area (Å²) in [6, 6.07) is 21.1. The molecule has 3 amide bonds. The molecule has 0 saturated heterocycles. The van der Waals surface area contributed by atoms with E-state index in [1.54, 1.807) is 60.7 Å². The summed E-state index contributed by atoms with van der Waals surface area (Å²) < 4.78 is 5.32. The zero-order chi connectivity index (χ0) is 28.5. The first-order chi connectivity index (χ1) is 19.3. The lowest BCUT2D eigenvalue weighted by Crippen LogP contribution is -2.30. The number of hydrogen-bond acceptors (Lipinski definition) is 6. The lowest BCUT2D eigenvalue weighted by molar-refractivity contribution is -0.114. The zero-order valence-electron chi connectivity index (χ0n) is 21.7. The number of benzene rings is 3. The molecule has 4 rings (SSSR count). The number of halogens is 1. The summed E-state index contributed by atoms with van der Waals surface area (Å²) >= 11 is 8.96. The van der Waals surface area contributed by atoms with Gasteiger partial charge in [0.25, 0.3) is 11.8 Å². The number of methoxy groups -OCH3 is 1. The minimum Gasteiger partial charge on any atom is -0.495 e. The molecule has 1 aromatic heterocycles. The number of carbonyl (C=O) groups excluding carboxylic acids is 3. The maximum absolute atomic E-state index is 13.2. The van der Waals surface area contributed by atoms with Crippen LogP contribution in [0.4, 0.5) is 11.4 Å². The lowest BCUT2D eigenvalue weighted by Gasteiger charge is -2.13. The monoisotopic (exact) mass is 591 g/mol. The van der Waals surface area contributed by atoms with Gasteiger partial charge in [-0.2, -0.15) is 11.3 Å². The molecule has 3 aromatic carbocycles. The number of thioether (sulfide) groups is 1. The molecule has 0 fully saturated rings. The Morgan fingerprint density at radius 3 is 2.52 bits per heavy atom. The van der Waals surface area contributed by atoms with E-state index < -0.39 is 5.91 Å². The predicted molar refractivity (Wildman–Crippen MR) is 163 cm³/mol. The van der Waals surface area contributed by atoms with Crippen LogP contribution < -0.4 is 20.7 Å². The Kier molecular flexibility index (Phi) is 10.0. The van der Waals surface area contributed by atoms with Gasteiger partial charge in [-0.25, -0.2) is 0 Å². The zero-order valence-corrected chi connectivity index (χ0v) is 24.1. The third kappa shape index (κ3) is 7.98. The standard InChI is InChI=1S/C30H26ClN3O4S2/c1-19-13-25(27(38-2)16-24(19)31)33-28(35)18-40-23-10-6-9-22(15-23)32-30(37)26(14-20-11-12-39-17-20)34-29(36)21-7-4-3-5-8-21/h3-17H,18H2,1-2H3,(H,32,37)(H,33,35)(H,34,36)/b26-14-. The number of amides is 3. The highest BCUT2D eigenvalue weighted by molar-refractivity contribution is 8.00. The molecule has 7 nitrogen and oxygen atoms in total. The molecule has 0 aliphatic rings. The van der Waals surface area contributed by atoms with E-state index in [4.69, 9.17) is 16.3 Å². The summed E-state index contributed by atoms with van der Waals surface area (Å²) in [7, 11) is 1.51. The highest BCUT2D eigenvalue weighted by Gasteiger charge is 2.16. The summed E-state index contributed by atoms with van der Waals surface area (Å²) in [4.78, 5) is 39.4. The van der Waals surface area contributed by atoms with E-state index in [0.29, 0.717) is 27.7 Å². The van der Waals surface area contributed by atoms with Crippen molar-refractivity contribution in [3.05, 3.63) is 111 Å². The van der Waals surface area contributed by atoms with Gasteiger partial charge in [-0.05, 0) is 77.4 Å². The molecule has 0 radical (unpaired) electrons. The fraction of sp³-hybridized carbons (Fsp3) is 0.100. The predicted octanol–water partition coefficient (Wildman–Crippen LogP) is 6.86.